The first-order valence-corrected chi connectivity index (χ1v) is 17.4. The molecule has 0 radical (unpaired) electrons. The zero-order valence-electron chi connectivity index (χ0n) is 28.0. The highest BCUT2D eigenvalue weighted by Crippen LogP contribution is 2.40. The molecule has 0 aliphatic rings. The fourth-order valence-corrected chi connectivity index (χ4v) is 7.29. The highest BCUT2D eigenvalue weighted by Gasteiger charge is 2.21. The van der Waals surface area contributed by atoms with Gasteiger partial charge in [0.1, 0.15) is 27.8 Å². The third kappa shape index (κ3) is 4.82. The second kappa shape index (κ2) is 11.6. The molecule has 11 rings (SSSR count). The molecule has 0 fully saturated rings. The van der Waals surface area contributed by atoms with E-state index in [0.717, 1.165) is 71.6 Å². The first-order valence-electron chi connectivity index (χ1n) is 17.4. The summed E-state index contributed by atoms with van der Waals surface area (Å²) in [5.74, 6) is 2.20. The van der Waals surface area contributed by atoms with E-state index in [0.29, 0.717) is 40.1 Å². The van der Waals surface area contributed by atoms with Gasteiger partial charge in [-0.3, -0.25) is 0 Å². The summed E-state index contributed by atoms with van der Waals surface area (Å²) in [7, 11) is 0. The van der Waals surface area contributed by atoms with Crippen molar-refractivity contribution < 1.29 is 13.3 Å². The summed E-state index contributed by atoms with van der Waals surface area (Å²) in [4.78, 5) is 20.1. The molecule has 0 amide bonds. The third-order valence-corrected chi connectivity index (χ3v) is 9.80. The number of furan rings is 2. The topological polar surface area (TPSA) is 91.0 Å². The van der Waals surface area contributed by atoms with Crippen LogP contribution < -0.4 is 0 Å². The number of rotatable bonds is 5. The van der Waals surface area contributed by atoms with Gasteiger partial charge in [0.05, 0.1) is 0 Å². The van der Waals surface area contributed by atoms with Gasteiger partial charge in [0.15, 0.2) is 23.1 Å². The zero-order valence-corrected chi connectivity index (χ0v) is 28.0. The quantitative estimate of drug-likeness (QED) is 0.178. The molecule has 7 aromatic carbocycles. The number of benzene rings is 7. The van der Waals surface area contributed by atoms with Gasteiger partial charge < -0.3 is 13.3 Å². The van der Waals surface area contributed by atoms with Crippen LogP contribution in [0, 0.1) is 0 Å². The van der Waals surface area contributed by atoms with Crippen molar-refractivity contribution in [3.05, 3.63) is 158 Å². The van der Waals surface area contributed by atoms with Gasteiger partial charge >= 0.3 is 0 Å². The molecule has 0 atom stereocenters. The monoisotopic (exact) mass is 682 g/mol. The normalized spacial score (nSPS) is 11.8. The summed E-state index contributed by atoms with van der Waals surface area (Å²) < 4.78 is 19.1. The van der Waals surface area contributed by atoms with Gasteiger partial charge in [-0.2, -0.15) is 0 Å². The molecular formula is C46H26N4O3. The number of aromatic nitrogens is 4. The number of nitrogens with zero attached hydrogens (tertiary/aromatic N) is 4. The van der Waals surface area contributed by atoms with E-state index in [4.69, 9.17) is 33.2 Å². The molecule has 0 saturated heterocycles. The van der Waals surface area contributed by atoms with Crippen LogP contribution in [0.2, 0.25) is 0 Å². The number of hydrogen-bond donors (Lipinski definition) is 0. The third-order valence-electron chi connectivity index (χ3n) is 9.80. The molecule has 0 aliphatic heterocycles. The standard InChI is InChI=1S/C46H26N4O3/c1-3-11-27(12-4-1)28-21-23-30(24-22-28)46-47-35-26-39-34(25-40(35)53-46)42-33(17-10-20-38(42)52-39)45-49-43(29-13-5-2-6-14-29)48-44(50-45)32-16-9-19-37-41(32)31-15-7-8-18-36(31)51-37/h1-26H. The Morgan fingerprint density at radius 2 is 0.868 bits per heavy atom. The average molecular weight is 683 g/mol. The van der Waals surface area contributed by atoms with Gasteiger partial charge in [0, 0.05) is 49.9 Å². The van der Waals surface area contributed by atoms with Gasteiger partial charge in [0.25, 0.3) is 0 Å². The Morgan fingerprint density at radius 3 is 1.58 bits per heavy atom. The Hall–Kier alpha value is -7.38. The number of oxazole rings is 1. The molecule has 53 heavy (non-hydrogen) atoms. The van der Waals surface area contributed by atoms with Crippen molar-refractivity contribution in [2.24, 2.45) is 0 Å². The van der Waals surface area contributed by atoms with Crippen LogP contribution in [0.5, 0.6) is 0 Å². The van der Waals surface area contributed by atoms with E-state index < -0.39 is 0 Å². The first-order chi connectivity index (χ1) is 26.2. The molecule has 0 saturated carbocycles. The fraction of sp³-hybridized carbons (Fsp3) is 0. The van der Waals surface area contributed by atoms with Crippen LogP contribution in [0.1, 0.15) is 0 Å². The summed E-state index contributed by atoms with van der Waals surface area (Å²) in [6.45, 7) is 0. The molecule has 7 nitrogen and oxygen atoms in total. The molecule has 0 bridgehead atoms. The Bertz CT molecular complexity index is 3160. The van der Waals surface area contributed by atoms with Gasteiger partial charge in [0.2, 0.25) is 5.89 Å². The molecule has 0 aliphatic carbocycles. The van der Waals surface area contributed by atoms with Crippen LogP contribution in [-0.2, 0) is 0 Å². The smallest absolute Gasteiger partial charge is 0.227 e. The van der Waals surface area contributed by atoms with Crippen molar-refractivity contribution in [2.75, 3.05) is 0 Å². The van der Waals surface area contributed by atoms with E-state index in [1.165, 1.54) is 0 Å². The van der Waals surface area contributed by atoms with Gasteiger partial charge in [-0.15, -0.1) is 0 Å². The molecule has 248 valence electrons. The number of para-hydroxylation sites is 1. The summed E-state index contributed by atoms with van der Waals surface area (Å²) in [5.41, 5.74) is 10.2. The lowest BCUT2D eigenvalue weighted by molar-refractivity contribution is 0.620. The lowest BCUT2D eigenvalue weighted by atomic mass is 10.0. The predicted molar refractivity (Wildman–Crippen MR) is 209 cm³/mol. The highest BCUT2D eigenvalue weighted by atomic mass is 16.4. The summed E-state index contributed by atoms with van der Waals surface area (Å²) in [6.07, 6.45) is 0. The highest BCUT2D eigenvalue weighted by molar-refractivity contribution is 6.15. The van der Waals surface area contributed by atoms with Crippen molar-refractivity contribution in [3.63, 3.8) is 0 Å². The number of hydrogen-bond acceptors (Lipinski definition) is 7. The van der Waals surface area contributed by atoms with Crippen LogP contribution in [0.3, 0.4) is 0 Å². The molecule has 11 aromatic rings. The molecule has 0 unspecified atom stereocenters. The van der Waals surface area contributed by atoms with Crippen LogP contribution in [0.25, 0.3) is 112 Å². The second-order valence-electron chi connectivity index (χ2n) is 13.0. The number of fused-ring (bicyclic) bond motifs is 7. The molecule has 7 heteroatoms. The Kier molecular flexibility index (Phi) is 6.42. The second-order valence-corrected chi connectivity index (χ2v) is 13.0. The van der Waals surface area contributed by atoms with E-state index in [2.05, 4.69) is 30.3 Å². The minimum atomic E-state index is 0.531. The zero-order chi connectivity index (χ0) is 34.9. The van der Waals surface area contributed by atoms with E-state index >= 15 is 0 Å². The van der Waals surface area contributed by atoms with Crippen molar-refractivity contribution in [2.45, 2.75) is 0 Å². The van der Waals surface area contributed by atoms with Crippen molar-refractivity contribution >= 4 is 55.0 Å². The summed E-state index contributed by atoms with van der Waals surface area (Å²) in [5, 5.41) is 3.74. The van der Waals surface area contributed by atoms with Gasteiger partial charge in [-0.05, 0) is 47.5 Å². The lowest BCUT2D eigenvalue weighted by Gasteiger charge is -2.10. The van der Waals surface area contributed by atoms with E-state index in [1.807, 2.05) is 127 Å². The van der Waals surface area contributed by atoms with Gasteiger partial charge in [-0.1, -0.05) is 115 Å². The van der Waals surface area contributed by atoms with E-state index in [1.54, 1.807) is 0 Å². The molecule has 4 aromatic heterocycles. The Labute approximate surface area is 301 Å². The van der Waals surface area contributed by atoms with Crippen LogP contribution in [0.15, 0.2) is 171 Å². The Balaban J connectivity index is 1.08. The molecular weight excluding hydrogens is 657 g/mol. The SMILES string of the molecule is c1ccc(-c2ccc(-c3nc4cc5oc6cccc(-c7nc(-c8ccccc8)nc(-c8cccc9oc%10ccccc%10c89)n7)c6c5cc4o3)cc2)cc1. The van der Waals surface area contributed by atoms with Crippen molar-refractivity contribution in [3.8, 4) is 56.7 Å². The summed E-state index contributed by atoms with van der Waals surface area (Å²) >= 11 is 0. The minimum absolute atomic E-state index is 0.531. The van der Waals surface area contributed by atoms with Gasteiger partial charge in [-0.25, -0.2) is 19.9 Å². The maximum atomic E-state index is 6.46. The van der Waals surface area contributed by atoms with Crippen molar-refractivity contribution in [1.82, 2.24) is 19.9 Å². The molecule has 4 heterocycles. The molecule has 0 spiro atoms. The maximum Gasteiger partial charge on any atom is 0.227 e. The maximum absolute atomic E-state index is 6.46. The van der Waals surface area contributed by atoms with E-state index in [-0.39, 0.29) is 0 Å². The lowest BCUT2D eigenvalue weighted by Crippen LogP contribution is -2.00. The Morgan fingerprint density at radius 1 is 0.321 bits per heavy atom. The van der Waals surface area contributed by atoms with Crippen molar-refractivity contribution in [1.29, 1.82) is 0 Å². The van der Waals surface area contributed by atoms with Crippen LogP contribution in [0.4, 0.5) is 0 Å². The van der Waals surface area contributed by atoms with Crippen LogP contribution >= 0.6 is 0 Å². The fourth-order valence-electron chi connectivity index (χ4n) is 7.29. The first kappa shape index (κ1) is 29.4. The minimum Gasteiger partial charge on any atom is -0.456 e. The van der Waals surface area contributed by atoms with E-state index in [9.17, 15) is 0 Å². The predicted octanol–water partition coefficient (Wildman–Crippen LogP) is 12.1. The average Bonchev–Trinajstić information content (AvgIpc) is 3.93. The molecule has 0 N–H and O–H groups in total. The van der Waals surface area contributed by atoms with Crippen LogP contribution in [-0.4, -0.2) is 19.9 Å². The summed E-state index contributed by atoms with van der Waals surface area (Å²) in [6, 6.07) is 52.5. The largest absolute Gasteiger partial charge is 0.456 e.